The zero-order chi connectivity index (χ0) is 19.7. The molecule has 144 valence electrons. The molecule has 4 rings (SSSR count). The molecule has 1 aliphatic rings. The van der Waals surface area contributed by atoms with Gasteiger partial charge in [0.2, 0.25) is 6.23 Å². The number of carbonyl (C=O) groups is 1. The fourth-order valence-corrected chi connectivity index (χ4v) is 3.94. The number of methoxy groups -OCH3 is 2. The molecule has 0 radical (unpaired) electrons. The lowest BCUT2D eigenvalue weighted by molar-refractivity contribution is 0.0435. The summed E-state index contributed by atoms with van der Waals surface area (Å²) < 4.78 is 16.1. The van der Waals surface area contributed by atoms with Gasteiger partial charge in [-0.2, -0.15) is 0 Å². The minimum atomic E-state index is -0.622. The van der Waals surface area contributed by atoms with Crippen molar-refractivity contribution in [2.24, 2.45) is 0 Å². The minimum Gasteiger partial charge on any atom is -0.493 e. The Morgan fingerprint density at radius 1 is 1.14 bits per heavy atom. The molecule has 28 heavy (non-hydrogen) atoms. The summed E-state index contributed by atoms with van der Waals surface area (Å²) >= 11 is 1.47. The summed E-state index contributed by atoms with van der Waals surface area (Å²) in [5.41, 5.74) is 4.30. The van der Waals surface area contributed by atoms with E-state index in [2.05, 4.69) is 41.5 Å². The van der Waals surface area contributed by atoms with Crippen molar-refractivity contribution < 1.29 is 19.0 Å². The molecule has 2 aromatic carbocycles. The summed E-state index contributed by atoms with van der Waals surface area (Å²) in [5.74, 6) is 0.422. The first kappa shape index (κ1) is 18.3. The van der Waals surface area contributed by atoms with Crippen molar-refractivity contribution in [3.63, 3.8) is 0 Å². The third-order valence-electron chi connectivity index (χ3n) is 4.71. The fourth-order valence-electron chi connectivity index (χ4n) is 3.20. The number of aromatic nitrogens is 1. The number of fused-ring (bicyclic) bond motifs is 1. The molecule has 0 bridgehead atoms. The molecule has 0 aliphatic carbocycles. The molecule has 1 atom stereocenters. The molecule has 1 aromatic heterocycles. The van der Waals surface area contributed by atoms with Gasteiger partial charge in [0.1, 0.15) is 5.56 Å². The SMILES string of the molecule is CCc1ccc(-c2csc(NC3OC(=O)c4c3ccc(OC)c4OC)n2)cc1. The fraction of sp³-hybridized carbons (Fsp3) is 0.238. The number of rotatable bonds is 6. The van der Waals surface area contributed by atoms with E-state index in [0.29, 0.717) is 27.8 Å². The smallest absolute Gasteiger partial charge is 0.344 e. The number of nitrogens with zero attached hydrogens (tertiary/aromatic N) is 1. The maximum atomic E-state index is 12.4. The van der Waals surface area contributed by atoms with Crippen LogP contribution in [0.15, 0.2) is 41.8 Å². The van der Waals surface area contributed by atoms with E-state index in [-0.39, 0.29) is 0 Å². The van der Waals surface area contributed by atoms with E-state index in [1.807, 2.05) is 5.38 Å². The van der Waals surface area contributed by atoms with Crippen LogP contribution in [0.4, 0.5) is 5.13 Å². The van der Waals surface area contributed by atoms with E-state index in [4.69, 9.17) is 14.2 Å². The number of cyclic esters (lactones) is 1. The maximum Gasteiger partial charge on any atom is 0.344 e. The van der Waals surface area contributed by atoms with E-state index in [1.54, 1.807) is 12.1 Å². The number of aryl methyl sites for hydroxylation is 1. The number of benzene rings is 2. The van der Waals surface area contributed by atoms with Gasteiger partial charge in [-0.25, -0.2) is 9.78 Å². The van der Waals surface area contributed by atoms with E-state index in [0.717, 1.165) is 17.7 Å². The van der Waals surface area contributed by atoms with E-state index >= 15 is 0 Å². The molecule has 0 amide bonds. The lowest BCUT2D eigenvalue weighted by atomic mass is 10.1. The van der Waals surface area contributed by atoms with Crippen LogP contribution < -0.4 is 14.8 Å². The van der Waals surface area contributed by atoms with Gasteiger partial charge in [-0.3, -0.25) is 0 Å². The molecule has 0 fully saturated rings. The van der Waals surface area contributed by atoms with Crippen LogP contribution in [-0.4, -0.2) is 25.2 Å². The molecular formula is C21H20N2O4S. The van der Waals surface area contributed by atoms with Gasteiger partial charge >= 0.3 is 5.97 Å². The van der Waals surface area contributed by atoms with Crippen molar-refractivity contribution in [2.75, 3.05) is 19.5 Å². The zero-order valence-electron chi connectivity index (χ0n) is 15.8. The van der Waals surface area contributed by atoms with Crippen LogP contribution >= 0.6 is 11.3 Å². The van der Waals surface area contributed by atoms with Gasteiger partial charge in [0.15, 0.2) is 16.6 Å². The van der Waals surface area contributed by atoms with Crippen molar-refractivity contribution in [1.82, 2.24) is 4.98 Å². The summed E-state index contributed by atoms with van der Waals surface area (Å²) in [6.45, 7) is 2.13. The maximum absolute atomic E-state index is 12.4. The van der Waals surface area contributed by atoms with Crippen LogP contribution in [0.2, 0.25) is 0 Å². The van der Waals surface area contributed by atoms with E-state index in [9.17, 15) is 4.79 Å². The quantitative estimate of drug-likeness (QED) is 0.611. The zero-order valence-corrected chi connectivity index (χ0v) is 16.6. The van der Waals surface area contributed by atoms with Gasteiger partial charge < -0.3 is 19.5 Å². The molecule has 1 aliphatic heterocycles. The number of carbonyl (C=O) groups excluding carboxylic acids is 1. The Morgan fingerprint density at radius 3 is 2.61 bits per heavy atom. The number of hydrogen-bond donors (Lipinski definition) is 1. The van der Waals surface area contributed by atoms with Gasteiger partial charge in [0.25, 0.3) is 0 Å². The Morgan fingerprint density at radius 2 is 1.93 bits per heavy atom. The van der Waals surface area contributed by atoms with Crippen molar-refractivity contribution >= 4 is 22.4 Å². The summed E-state index contributed by atoms with van der Waals surface area (Å²) in [7, 11) is 3.04. The Kier molecular flexibility index (Phi) is 4.92. The van der Waals surface area contributed by atoms with Crippen LogP contribution in [0.5, 0.6) is 11.5 Å². The molecule has 0 saturated heterocycles. The molecule has 6 nitrogen and oxygen atoms in total. The monoisotopic (exact) mass is 396 g/mol. The summed E-state index contributed by atoms with van der Waals surface area (Å²) in [6, 6.07) is 11.9. The lowest BCUT2D eigenvalue weighted by Crippen LogP contribution is -2.10. The highest BCUT2D eigenvalue weighted by Gasteiger charge is 2.36. The third kappa shape index (κ3) is 3.18. The van der Waals surface area contributed by atoms with Gasteiger partial charge in [-0.1, -0.05) is 31.2 Å². The highest BCUT2D eigenvalue weighted by atomic mass is 32.1. The predicted octanol–water partition coefficient (Wildman–Crippen LogP) is 4.67. The Hall–Kier alpha value is -3.06. The topological polar surface area (TPSA) is 69.7 Å². The van der Waals surface area contributed by atoms with E-state index < -0.39 is 12.2 Å². The average molecular weight is 396 g/mol. The van der Waals surface area contributed by atoms with E-state index in [1.165, 1.54) is 31.1 Å². The van der Waals surface area contributed by atoms with Crippen LogP contribution in [0.3, 0.4) is 0 Å². The van der Waals surface area contributed by atoms with Crippen LogP contribution in [0, 0.1) is 0 Å². The van der Waals surface area contributed by atoms with Crippen molar-refractivity contribution in [1.29, 1.82) is 0 Å². The number of nitrogens with one attached hydrogen (secondary N) is 1. The van der Waals surface area contributed by atoms with Crippen molar-refractivity contribution in [3.05, 3.63) is 58.5 Å². The summed E-state index contributed by atoms with van der Waals surface area (Å²) in [5, 5.41) is 5.85. The first-order valence-electron chi connectivity index (χ1n) is 8.91. The van der Waals surface area contributed by atoms with Gasteiger partial charge in [0, 0.05) is 16.5 Å². The first-order valence-corrected chi connectivity index (χ1v) is 9.79. The van der Waals surface area contributed by atoms with Crippen LogP contribution in [0.1, 0.15) is 34.6 Å². The van der Waals surface area contributed by atoms with Crippen molar-refractivity contribution in [2.45, 2.75) is 19.6 Å². The van der Waals surface area contributed by atoms with Gasteiger partial charge in [0.05, 0.1) is 19.9 Å². The van der Waals surface area contributed by atoms with Gasteiger partial charge in [-0.15, -0.1) is 11.3 Å². The number of ether oxygens (including phenoxy) is 3. The Balaban J connectivity index is 1.58. The van der Waals surface area contributed by atoms with Crippen molar-refractivity contribution in [3.8, 4) is 22.8 Å². The molecule has 2 heterocycles. The number of esters is 1. The average Bonchev–Trinajstić information content (AvgIpc) is 3.32. The molecule has 3 aromatic rings. The number of hydrogen-bond acceptors (Lipinski definition) is 7. The normalized spacial score (nSPS) is 15.1. The molecule has 0 saturated carbocycles. The first-order chi connectivity index (χ1) is 13.6. The largest absolute Gasteiger partial charge is 0.493 e. The standard InChI is InChI=1S/C21H20N2O4S/c1-4-12-5-7-13(8-6-12)15-11-28-21(22-15)23-19-14-9-10-16(25-2)18(26-3)17(14)20(24)27-19/h5-11,19H,4H2,1-3H3,(H,22,23). The van der Waals surface area contributed by atoms with Crippen LogP contribution in [0.25, 0.3) is 11.3 Å². The third-order valence-corrected chi connectivity index (χ3v) is 5.48. The molecule has 0 spiro atoms. The second kappa shape index (κ2) is 7.52. The van der Waals surface area contributed by atoms with Gasteiger partial charge in [-0.05, 0) is 24.1 Å². The van der Waals surface area contributed by atoms with Crippen LogP contribution in [-0.2, 0) is 11.2 Å². The molecule has 1 N–H and O–H groups in total. The summed E-state index contributed by atoms with van der Waals surface area (Å²) in [4.78, 5) is 17.0. The Labute approximate surface area is 167 Å². The lowest BCUT2D eigenvalue weighted by Gasteiger charge is -2.13. The molecule has 1 unspecified atom stereocenters. The second-order valence-electron chi connectivity index (χ2n) is 6.28. The number of anilines is 1. The Bertz CT molecular complexity index is 1010. The second-order valence-corrected chi connectivity index (χ2v) is 7.14. The number of thiazole rings is 1. The summed E-state index contributed by atoms with van der Waals surface area (Å²) in [6.07, 6.45) is 0.383. The molecular weight excluding hydrogens is 376 g/mol. The molecule has 7 heteroatoms. The predicted molar refractivity (Wildman–Crippen MR) is 108 cm³/mol. The highest BCUT2D eigenvalue weighted by Crippen LogP contribution is 2.42. The minimum absolute atomic E-state index is 0.380. The highest BCUT2D eigenvalue weighted by molar-refractivity contribution is 7.14.